The van der Waals surface area contributed by atoms with E-state index < -0.39 is 21.6 Å². The van der Waals surface area contributed by atoms with E-state index in [1.165, 1.54) is 38.5 Å². The van der Waals surface area contributed by atoms with Crippen LogP contribution in [0.1, 0.15) is 64.2 Å². The molecule has 0 bridgehead atoms. The summed E-state index contributed by atoms with van der Waals surface area (Å²) in [5, 5.41) is 0.809. The first-order valence-corrected chi connectivity index (χ1v) is 10.3. The van der Waals surface area contributed by atoms with E-state index in [1.54, 1.807) is 0 Å². The molecule has 0 radical (unpaired) electrons. The molecule has 2 atom stereocenters. The summed E-state index contributed by atoms with van der Waals surface area (Å²) in [5.41, 5.74) is 0. The van der Waals surface area contributed by atoms with Gasteiger partial charge in [0.2, 0.25) is 0 Å². The third kappa shape index (κ3) is 4.44. The minimum absolute atomic E-state index is 0.405. The van der Waals surface area contributed by atoms with E-state index in [1.807, 2.05) is 0 Å². The normalized spacial score (nSPS) is 26.9. The van der Waals surface area contributed by atoms with Gasteiger partial charge in [0.1, 0.15) is 0 Å². The van der Waals surface area contributed by atoms with Gasteiger partial charge in [-0.3, -0.25) is 8.42 Å². The minimum Gasteiger partial charge on any atom is -0.259 e. The van der Waals surface area contributed by atoms with Crippen molar-refractivity contribution in [2.75, 3.05) is 11.5 Å². The smallest absolute Gasteiger partial charge is 0.0353 e. The van der Waals surface area contributed by atoms with Crippen molar-refractivity contribution in [3.8, 4) is 0 Å². The van der Waals surface area contributed by atoms with Crippen molar-refractivity contribution in [1.82, 2.24) is 0 Å². The SMILES string of the molecule is O=S(CCS(=O)C1CCCCC1)C1CCCCC1. The van der Waals surface area contributed by atoms with Crippen LogP contribution in [0, 0.1) is 0 Å². The molecule has 2 nitrogen and oxygen atoms in total. The van der Waals surface area contributed by atoms with Crippen LogP contribution in [0.4, 0.5) is 0 Å². The maximum Gasteiger partial charge on any atom is 0.0353 e. The minimum atomic E-state index is -0.725. The third-order valence-corrected chi connectivity index (χ3v) is 8.24. The maximum atomic E-state index is 12.2. The van der Waals surface area contributed by atoms with E-state index in [4.69, 9.17) is 0 Å². The molecule has 4 heteroatoms. The molecule has 2 aliphatic rings. The summed E-state index contributed by atoms with van der Waals surface area (Å²) < 4.78 is 24.3. The first kappa shape index (κ1) is 14.7. The van der Waals surface area contributed by atoms with Crippen molar-refractivity contribution in [3.63, 3.8) is 0 Å². The molecular formula is C14H26O2S2. The summed E-state index contributed by atoms with van der Waals surface area (Å²) in [5.74, 6) is 1.35. The number of hydrogen-bond donors (Lipinski definition) is 0. The van der Waals surface area contributed by atoms with Crippen LogP contribution in [0.3, 0.4) is 0 Å². The zero-order valence-electron chi connectivity index (χ0n) is 11.3. The van der Waals surface area contributed by atoms with Gasteiger partial charge in [0.05, 0.1) is 0 Å². The molecule has 18 heavy (non-hydrogen) atoms. The van der Waals surface area contributed by atoms with E-state index in [0.717, 1.165) is 25.7 Å². The second kappa shape index (κ2) is 7.78. The predicted octanol–water partition coefficient (Wildman–Crippen LogP) is 3.15. The maximum absolute atomic E-state index is 12.2. The lowest BCUT2D eigenvalue weighted by molar-refractivity contribution is 0.503. The lowest BCUT2D eigenvalue weighted by atomic mass is 10.0. The fraction of sp³-hybridized carbons (Fsp3) is 1.00. The van der Waals surface area contributed by atoms with Gasteiger partial charge in [0.15, 0.2) is 0 Å². The van der Waals surface area contributed by atoms with E-state index in [2.05, 4.69) is 0 Å². The summed E-state index contributed by atoms with van der Waals surface area (Å²) in [7, 11) is -1.45. The molecule has 0 amide bonds. The second-order valence-electron chi connectivity index (χ2n) is 5.69. The molecule has 0 saturated heterocycles. The topological polar surface area (TPSA) is 34.1 Å². The predicted molar refractivity (Wildman–Crippen MR) is 79.8 cm³/mol. The quantitative estimate of drug-likeness (QED) is 0.779. The highest BCUT2D eigenvalue weighted by Gasteiger charge is 2.23. The fourth-order valence-electron chi connectivity index (χ4n) is 3.15. The van der Waals surface area contributed by atoms with Crippen LogP contribution in [0.5, 0.6) is 0 Å². The summed E-state index contributed by atoms with van der Waals surface area (Å²) in [6.45, 7) is 0. The highest BCUT2D eigenvalue weighted by molar-refractivity contribution is 7.89. The van der Waals surface area contributed by atoms with Crippen molar-refractivity contribution in [3.05, 3.63) is 0 Å². The lowest BCUT2D eigenvalue weighted by Crippen LogP contribution is -2.27. The molecule has 0 aliphatic heterocycles. The van der Waals surface area contributed by atoms with E-state index in [0.29, 0.717) is 22.0 Å². The van der Waals surface area contributed by atoms with Gasteiger partial charge in [-0.05, 0) is 25.7 Å². The molecule has 2 aliphatic carbocycles. The van der Waals surface area contributed by atoms with Crippen molar-refractivity contribution < 1.29 is 8.42 Å². The Bertz CT molecular complexity index is 262. The Kier molecular flexibility index (Phi) is 6.36. The lowest BCUT2D eigenvalue weighted by Gasteiger charge is -2.23. The van der Waals surface area contributed by atoms with Gasteiger partial charge in [0, 0.05) is 43.6 Å². The number of rotatable bonds is 5. The largest absolute Gasteiger partial charge is 0.259 e. The Hall–Kier alpha value is 0.300. The zero-order valence-corrected chi connectivity index (χ0v) is 12.9. The van der Waals surface area contributed by atoms with Gasteiger partial charge in [-0.15, -0.1) is 0 Å². The summed E-state index contributed by atoms with van der Waals surface area (Å²) >= 11 is 0. The van der Waals surface area contributed by atoms with Gasteiger partial charge < -0.3 is 0 Å². The van der Waals surface area contributed by atoms with Crippen LogP contribution < -0.4 is 0 Å². The summed E-state index contributed by atoms with van der Waals surface area (Å²) in [6, 6.07) is 0. The zero-order chi connectivity index (χ0) is 12.8. The van der Waals surface area contributed by atoms with Crippen LogP contribution in [-0.2, 0) is 21.6 Å². The highest BCUT2D eigenvalue weighted by atomic mass is 32.2. The first-order chi connectivity index (χ1) is 8.77. The molecule has 2 rings (SSSR count). The standard InChI is InChI=1S/C14H26O2S2/c15-17(13-7-3-1-4-8-13)11-12-18(16)14-9-5-2-6-10-14/h13-14H,1-12H2. The Labute approximate surface area is 116 Å². The molecule has 2 saturated carbocycles. The Balaban J connectivity index is 1.69. The molecule has 0 aromatic carbocycles. The summed E-state index contributed by atoms with van der Waals surface area (Å²) in [6.07, 6.45) is 12.1. The van der Waals surface area contributed by atoms with Gasteiger partial charge in [-0.1, -0.05) is 38.5 Å². The van der Waals surface area contributed by atoms with Crippen LogP contribution in [0.2, 0.25) is 0 Å². The van der Waals surface area contributed by atoms with Gasteiger partial charge in [0.25, 0.3) is 0 Å². The van der Waals surface area contributed by atoms with E-state index in [-0.39, 0.29) is 0 Å². The molecule has 106 valence electrons. The first-order valence-electron chi connectivity index (χ1n) is 7.52. The van der Waals surface area contributed by atoms with Crippen LogP contribution in [0.25, 0.3) is 0 Å². The Morgan fingerprint density at radius 1 is 0.611 bits per heavy atom. The van der Waals surface area contributed by atoms with Crippen LogP contribution in [0.15, 0.2) is 0 Å². The summed E-state index contributed by atoms with van der Waals surface area (Å²) in [4.78, 5) is 0. The monoisotopic (exact) mass is 290 g/mol. The fourth-order valence-corrected chi connectivity index (χ4v) is 6.85. The Morgan fingerprint density at radius 2 is 0.944 bits per heavy atom. The molecule has 0 aromatic heterocycles. The van der Waals surface area contributed by atoms with Crippen molar-refractivity contribution in [1.29, 1.82) is 0 Å². The van der Waals surface area contributed by atoms with E-state index in [9.17, 15) is 8.42 Å². The molecular weight excluding hydrogens is 264 g/mol. The molecule has 2 unspecified atom stereocenters. The molecule has 2 fully saturated rings. The van der Waals surface area contributed by atoms with Gasteiger partial charge in [-0.25, -0.2) is 0 Å². The van der Waals surface area contributed by atoms with Crippen LogP contribution >= 0.6 is 0 Å². The molecule has 0 heterocycles. The third-order valence-electron chi connectivity index (χ3n) is 4.33. The van der Waals surface area contributed by atoms with Gasteiger partial charge in [-0.2, -0.15) is 0 Å². The molecule has 0 aromatic rings. The molecule has 0 spiro atoms. The number of hydrogen-bond acceptors (Lipinski definition) is 2. The van der Waals surface area contributed by atoms with Crippen molar-refractivity contribution in [2.45, 2.75) is 74.7 Å². The van der Waals surface area contributed by atoms with Crippen LogP contribution in [-0.4, -0.2) is 30.4 Å². The Morgan fingerprint density at radius 3 is 1.28 bits per heavy atom. The van der Waals surface area contributed by atoms with Crippen molar-refractivity contribution in [2.24, 2.45) is 0 Å². The van der Waals surface area contributed by atoms with Gasteiger partial charge >= 0.3 is 0 Å². The average molecular weight is 290 g/mol. The van der Waals surface area contributed by atoms with E-state index >= 15 is 0 Å². The average Bonchev–Trinajstić information content (AvgIpc) is 2.46. The van der Waals surface area contributed by atoms with Crippen molar-refractivity contribution >= 4 is 21.6 Å². The highest BCUT2D eigenvalue weighted by Crippen LogP contribution is 2.24. The molecule has 0 N–H and O–H groups in total. The second-order valence-corrected chi connectivity index (χ2v) is 9.36.